The number of anilines is 2. The second-order valence-corrected chi connectivity index (χ2v) is 8.35. The first-order chi connectivity index (χ1) is 17.6. The van der Waals surface area contributed by atoms with Crippen molar-refractivity contribution in [3.05, 3.63) is 41.8 Å². The number of allylic oxidation sites excluding steroid dienone is 1. The van der Waals surface area contributed by atoms with Gasteiger partial charge in [-0.05, 0) is 6.42 Å². The third-order valence-electron chi connectivity index (χ3n) is 5.95. The summed E-state index contributed by atoms with van der Waals surface area (Å²) in [6.45, 7) is 3.00. The van der Waals surface area contributed by atoms with Crippen LogP contribution < -0.4 is 15.3 Å². The highest BCUT2D eigenvalue weighted by Crippen LogP contribution is 2.32. The Kier molecular flexibility index (Phi) is 6.73. The highest BCUT2D eigenvalue weighted by atomic mass is 16.5. The fraction of sp³-hybridized carbons (Fsp3) is 0.391. The van der Waals surface area contributed by atoms with Gasteiger partial charge in [0.25, 0.3) is 5.91 Å². The van der Waals surface area contributed by atoms with E-state index in [2.05, 4.69) is 19.9 Å². The Bertz CT molecular complexity index is 1310. The molecule has 0 bridgehead atoms. The molecule has 0 saturated carbocycles. The minimum Gasteiger partial charge on any atom is -0.484 e. The van der Waals surface area contributed by atoms with Crippen LogP contribution in [0.25, 0.3) is 16.7 Å². The van der Waals surface area contributed by atoms with Crippen molar-refractivity contribution in [2.24, 2.45) is 4.99 Å². The molecule has 0 atom stereocenters. The monoisotopic (exact) mass is 494 g/mol. The van der Waals surface area contributed by atoms with E-state index >= 15 is 0 Å². The molecule has 1 amide bonds. The summed E-state index contributed by atoms with van der Waals surface area (Å²) in [5.41, 5.74) is 3.95. The maximum atomic E-state index is 11.5. The van der Waals surface area contributed by atoms with Gasteiger partial charge in [-0.25, -0.2) is 30.4 Å². The van der Waals surface area contributed by atoms with Gasteiger partial charge in [0.05, 0.1) is 32.4 Å². The molecule has 1 saturated heterocycles. The van der Waals surface area contributed by atoms with E-state index in [-0.39, 0.29) is 5.56 Å². The molecule has 0 aromatic carbocycles. The number of hydrogen-bond acceptors (Lipinski definition) is 12. The number of nitrogens with one attached hydrogen (secondary N) is 1. The Hall–Kier alpha value is -4.10. The Morgan fingerprint density at radius 1 is 1.22 bits per heavy atom. The first-order valence-corrected chi connectivity index (χ1v) is 11.5. The van der Waals surface area contributed by atoms with Crippen LogP contribution in [-0.4, -0.2) is 77.4 Å². The van der Waals surface area contributed by atoms with Gasteiger partial charge in [-0.3, -0.25) is 10.0 Å². The lowest BCUT2D eigenvalue weighted by molar-refractivity contribution is 0.0705. The van der Waals surface area contributed by atoms with E-state index < -0.39 is 5.91 Å². The molecule has 2 aliphatic heterocycles. The minimum absolute atomic E-state index is 0.148. The highest BCUT2D eigenvalue weighted by molar-refractivity contribution is 5.92. The molecule has 5 heterocycles. The molecule has 188 valence electrons. The standard InChI is InChI=1S/C23H26N8O5/c1-30(23-25-11-15(12-26-23)22(32)29-33)13-16-9-17-19(36-16)21(31-5-7-35-8-6-31)28-20(27-17)14-3-4-18(34-2)24-10-14/h9-12,33H,3-8,13H2,1-2H3,(H,29,32). The van der Waals surface area contributed by atoms with Crippen LogP contribution >= 0.6 is 0 Å². The van der Waals surface area contributed by atoms with Gasteiger partial charge in [0.2, 0.25) is 5.95 Å². The van der Waals surface area contributed by atoms with Crippen molar-refractivity contribution in [2.75, 3.05) is 50.3 Å². The van der Waals surface area contributed by atoms with Crippen LogP contribution in [-0.2, 0) is 16.0 Å². The van der Waals surface area contributed by atoms with E-state index in [1.165, 1.54) is 12.4 Å². The fourth-order valence-electron chi connectivity index (χ4n) is 4.02. The zero-order chi connectivity index (χ0) is 25.1. The number of nitrogens with zero attached hydrogens (tertiary/aromatic N) is 7. The number of methoxy groups -OCH3 is 1. The van der Waals surface area contributed by atoms with Crippen molar-refractivity contribution >= 4 is 40.2 Å². The van der Waals surface area contributed by atoms with Gasteiger partial charge in [-0.1, -0.05) is 0 Å². The second-order valence-electron chi connectivity index (χ2n) is 8.35. The number of amides is 1. The maximum Gasteiger partial charge on any atom is 0.277 e. The molecule has 3 aromatic heterocycles. The average Bonchev–Trinajstić information content (AvgIpc) is 3.35. The third kappa shape index (κ3) is 4.83. The van der Waals surface area contributed by atoms with Crippen molar-refractivity contribution in [3.8, 4) is 0 Å². The number of carbonyl (C=O) groups is 1. The molecule has 1 fully saturated rings. The summed E-state index contributed by atoms with van der Waals surface area (Å²) in [5, 5.41) is 8.76. The van der Waals surface area contributed by atoms with Crippen LogP contribution in [0.1, 0.15) is 34.8 Å². The van der Waals surface area contributed by atoms with Gasteiger partial charge < -0.3 is 23.7 Å². The van der Waals surface area contributed by atoms with E-state index in [4.69, 9.17) is 29.1 Å². The molecule has 2 N–H and O–H groups in total. The lowest BCUT2D eigenvalue weighted by atomic mass is 10.1. The van der Waals surface area contributed by atoms with Gasteiger partial charge in [0.15, 0.2) is 23.1 Å². The predicted octanol–water partition coefficient (Wildman–Crippen LogP) is 1.78. The van der Waals surface area contributed by atoms with Crippen LogP contribution in [0, 0.1) is 0 Å². The molecule has 0 aliphatic carbocycles. The van der Waals surface area contributed by atoms with Gasteiger partial charge in [-0.2, -0.15) is 0 Å². The van der Waals surface area contributed by atoms with E-state index in [1.54, 1.807) is 23.7 Å². The quantitative estimate of drug-likeness (QED) is 0.381. The highest BCUT2D eigenvalue weighted by Gasteiger charge is 2.23. The lowest BCUT2D eigenvalue weighted by Crippen LogP contribution is -2.37. The topological polar surface area (TPSA) is 151 Å². The number of hydrogen-bond donors (Lipinski definition) is 2. The number of carbonyl (C=O) groups excluding carboxylic acids is 1. The summed E-state index contributed by atoms with van der Waals surface area (Å²) in [5.74, 6) is 2.41. The summed E-state index contributed by atoms with van der Waals surface area (Å²) < 4.78 is 17.0. The molecular weight excluding hydrogens is 468 g/mol. The van der Waals surface area contributed by atoms with Crippen LogP contribution in [0.5, 0.6) is 0 Å². The molecule has 13 heteroatoms. The van der Waals surface area contributed by atoms with E-state index in [9.17, 15) is 4.79 Å². The Morgan fingerprint density at radius 3 is 2.67 bits per heavy atom. The molecule has 5 rings (SSSR count). The van der Waals surface area contributed by atoms with Crippen LogP contribution in [0.2, 0.25) is 0 Å². The Labute approximate surface area is 206 Å². The molecular formula is C23H26N8O5. The molecule has 0 unspecified atom stereocenters. The molecule has 13 nitrogen and oxygen atoms in total. The van der Waals surface area contributed by atoms with Crippen LogP contribution in [0.15, 0.2) is 34.1 Å². The minimum atomic E-state index is -0.677. The van der Waals surface area contributed by atoms with E-state index in [1.807, 2.05) is 13.1 Å². The van der Waals surface area contributed by atoms with Crippen LogP contribution in [0.4, 0.5) is 11.8 Å². The number of rotatable bonds is 6. The summed E-state index contributed by atoms with van der Waals surface area (Å²) in [6, 6.07) is 1.89. The number of hydroxylamine groups is 1. The molecule has 36 heavy (non-hydrogen) atoms. The van der Waals surface area contributed by atoms with Gasteiger partial charge in [0, 0.05) is 56.8 Å². The number of ether oxygens (including phenoxy) is 2. The van der Waals surface area contributed by atoms with Crippen molar-refractivity contribution in [1.29, 1.82) is 0 Å². The summed E-state index contributed by atoms with van der Waals surface area (Å²) in [4.78, 5) is 37.9. The zero-order valence-corrected chi connectivity index (χ0v) is 20.0. The summed E-state index contributed by atoms with van der Waals surface area (Å²) >= 11 is 0. The van der Waals surface area contributed by atoms with Gasteiger partial charge in [0.1, 0.15) is 11.3 Å². The first-order valence-electron chi connectivity index (χ1n) is 11.5. The molecule has 3 aromatic rings. The average molecular weight is 495 g/mol. The Balaban J connectivity index is 1.46. The van der Waals surface area contributed by atoms with Gasteiger partial charge in [-0.15, -0.1) is 0 Å². The van der Waals surface area contributed by atoms with Gasteiger partial charge >= 0.3 is 0 Å². The third-order valence-corrected chi connectivity index (χ3v) is 5.95. The number of furan rings is 1. The largest absolute Gasteiger partial charge is 0.484 e. The number of aliphatic imine (C=N–C) groups is 1. The van der Waals surface area contributed by atoms with E-state index in [0.717, 1.165) is 17.8 Å². The maximum absolute atomic E-state index is 11.5. The van der Waals surface area contributed by atoms with Crippen LogP contribution in [0.3, 0.4) is 0 Å². The van der Waals surface area contributed by atoms with Crippen molar-refractivity contribution in [1.82, 2.24) is 25.4 Å². The fourth-order valence-corrected chi connectivity index (χ4v) is 4.02. The lowest BCUT2D eigenvalue weighted by Gasteiger charge is -2.28. The van der Waals surface area contributed by atoms with E-state index in [0.29, 0.717) is 73.8 Å². The molecule has 2 aliphatic rings. The SMILES string of the molecule is COC1=NC=C(c2nc(N3CCOCC3)c3oc(CN(C)c4ncc(C(=O)NO)cn4)cc3n2)CC1. The van der Waals surface area contributed by atoms with Crippen molar-refractivity contribution in [3.63, 3.8) is 0 Å². The normalized spacial score (nSPS) is 15.9. The number of morpholine rings is 1. The predicted molar refractivity (Wildman–Crippen MR) is 130 cm³/mol. The number of fused-ring (bicyclic) bond motifs is 1. The summed E-state index contributed by atoms with van der Waals surface area (Å²) in [6.07, 6.45) is 5.87. The molecule has 0 spiro atoms. The zero-order valence-electron chi connectivity index (χ0n) is 20.0. The van der Waals surface area contributed by atoms with Crippen molar-refractivity contribution in [2.45, 2.75) is 19.4 Å². The molecule has 0 radical (unpaired) electrons. The Morgan fingerprint density at radius 2 is 2.00 bits per heavy atom. The van der Waals surface area contributed by atoms with Crippen molar-refractivity contribution < 1.29 is 23.9 Å². The number of aromatic nitrogens is 4. The first kappa shape index (κ1) is 23.6. The smallest absolute Gasteiger partial charge is 0.277 e. The second kappa shape index (κ2) is 10.3. The summed E-state index contributed by atoms with van der Waals surface area (Å²) in [7, 11) is 3.43.